The Labute approximate surface area is 125 Å². The zero-order chi connectivity index (χ0) is 14.7. The Kier molecular flexibility index (Phi) is 4.75. The lowest BCUT2D eigenvalue weighted by molar-refractivity contribution is -0.140. The molecule has 3 aliphatic heterocycles. The molecule has 0 saturated carbocycles. The Morgan fingerprint density at radius 1 is 1.24 bits per heavy atom. The molecule has 0 aliphatic carbocycles. The van der Waals surface area contributed by atoms with Crippen molar-refractivity contribution >= 4 is 11.8 Å². The van der Waals surface area contributed by atoms with Gasteiger partial charge in [0.2, 0.25) is 11.8 Å². The number of fused-ring (bicyclic) bond motifs is 1. The molecule has 1 atom stereocenters. The number of hydrogen-bond acceptors (Lipinski definition) is 4. The Morgan fingerprint density at radius 3 is 2.86 bits per heavy atom. The molecule has 3 saturated heterocycles. The largest absolute Gasteiger partial charge is 0.378 e. The summed E-state index contributed by atoms with van der Waals surface area (Å²) in [4.78, 5) is 27.7. The molecule has 0 aromatic heterocycles. The molecule has 3 fully saturated rings. The van der Waals surface area contributed by atoms with E-state index in [1.54, 1.807) is 0 Å². The third kappa shape index (κ3) is 3.55. The quantitative estimate of drug-likeness (QED) is 0.792. The number of piperidine rings is 1. The van der Waals surface area contributed by atoms with Crippen LogP contribution in [-0.4, -0.2) is 73.1 Å². The van der Waals surface area contributed by atoms with E-state index >= 15 is 0 Å². The van der Waals surface area contributed by atoms with Crippen LogP contribution in [0.15, 0.2) is 0 Å². The monoisotopic (exact) mass is 295 g/mol. The van der Waals surface area contributed by atoms with Crippen molar-refractivity contribution in [3.8, 4) is 0 Å². The molecule has 0 aromatic rings. The number of carbonyl (C=O) groups is 2. The fourth-order valence-electron chi connectivity index (χ4n) is 3.52. The highest BCUT2D eigenvalue weighted by Gasteiger charge is 2.36. The molecule has 0 spiro atoms. The zero-order valence-corrected chi connectivity index (χ0v) is 12.6. The van der Waals surface area contributed by atoms with Gasteiger partial charge in [-0.15, -0.1) is 0 Å². The highest BCUT2D eigenvalue weighted by Crippen LogP contribution is 2.23. The van der Waals surface area contributed by atoms with Gasteiger partial charge in [-0.05, 0) is 32.4 Å². The minimum absolute atomic E-state index is 0.169. The Balaban J connectivity index is 1.38. The minimum Gasteiger partial charge on any atom is -0.378 e. The third-order valence-corrected chi connectivity index (χ3v) is 4.80. The van der Waals surface area contributed by atoms with Gasteiger partial charge in [0.05, 0.1) is 19.1 Å². The number of rotatable bonds is 4. The summed E-state index contributed by atoms with van der Waals surface area (Å²) in [5.74, 6) is 0.421. The van der Waals surface area contributed by atoms with Crippen molar-refractivity contribution in [3.63, 3.8) is 0 Å². The van der Waals surface area contributed by atoms with E-state index in [2.05, 4.69) is 5.32 Å². The Bertz CT molecular complexity index is 396. The fourth-order valence-corrected chi connectivity index (χ4v) is 3.52. The molecule has 118 valence electrons. The van der Waals surface area contributed by atoms with Gasteiger partial charge in [0, 0.05) is 32.1 Å². The zero-order valence-electron chi connectivity index (χ0n) is 12.6. The smallest absolute Gasteiger partial charge is 0.225 e. The van der Waals surface area contributed by atoms with Crippen LogP contribution in [0.1, 0.15) is 32.1 Å². The van der Waals surface area contributed by atoms with Gasteiger partial charge in [0.1, 0.15) is 0 Å². The lowest BCUT2D eigenvalue weighted by Gasteiger charge is -2.37. The first kappa shape index (κ1) is 14.8. The van der Waals surface area contributed by atoms with Crippen LogP contribution >= 0.6 is 0 Å². The summed E-state index contributed by atoms with van der Waals surface area (Å²) < 4.78 is 5.80. The summed E-state index contributed by atoms with van der Waals surface area (Å²) in [5, 5.41) is 3.30. The van der Waals surface area contributed by atoms with Gasteiger partial charge in [-0.25, -0.2) is 0 Å². The second kappa shape index (κ2) is 6.75. The van der Waals surface area contributed by atoms with Crippen molar-refractivity contribution in [2.24, 2.45) is 0 Å². The topological polar surface area (TPSA) is 61.9 Å². The standard InChI is InChI=1S/C15H25N3O3/c19-14(5-10-21-13-3-6-16-7-4-13)17-8-9-18-12(11-17)1-2-15(18)20/h12-13,16H,1-11H2. The molecule has 21 heavy (non-hydrogen) atoms. The lowest BCUT2D eigenvalue weighted by Crippen LogP contribution is -2.53. The molecule has 0 bridgehead atoms. The summed E-state index contributed by atoms with van der Waals surface area (Å²) in [6.45, 7) is 4.62. The third-order valence-electron chi connectivity index (χ3n) is 4.80. The van der Waals surface area contributed by atoms with Crippen LogP contribution in [0.3, 0.4) is 0 Å². The molecule has 2 amide bonds. The minimum atomic E-state index is 0.169. The average molecular weight is 295 g/mol. The summed E-state index contributed by atoms with van der Waals surface area (Å²) in [6.07, 6.45) is 4.39. The van der Waals surface area contributed by atoms with Crippen LogP contribution in [0, 0.1) is 0 Å². The normalized spacial score (nSPS) is 27.0. The van der Waals surface area contributed by atoms with E-state index in [-0.39, 0.29) is 17.9 Å². The number of hydrogen-bond donors (Lipinski definition) is 1. The van der Waals surface area contributed by atoms with Crippen LogP contribution in [0.4, 0.5) is 0 Å². The van der Waals surface area contributed by atoms with Gasteiger partial charge in [0.15, 0.2) is 0 Å². The van der Waals surface area contributed by atoms with Gasteiger partial charge >= 0.3 is 0 Å². The molecule has 3 rings (SSSR count). The van der Waals surface area contributed by atoms with Gasteiger partial charge < -0.3 is 19.9 Å². The lowest BCUT2D eigenvalue weighted by atomic mass is 10.1. The molecule has 0 radical (unpaired) electrons. The SMILES string of the molecule is O=C(CCOC1CCNCC1)N1CCN2C(=O)CCC2C1. The van der Waals surface area contributed by atoms with Crippen molar-refractivity contribution in [1.82, 2.24) is 15.1 Å². The number of piperazine rings is 1. The average Bonchev–Trinajstić information content (AvgIpc) is 2.89. The number of nitrogens with zero attached hydrogens (tertiary/aromatic N) is 2. The molecule has 3 aliphatic rings. The summed E-state index contributed by atoms with van der Waals surface area (Å²) >= 11 is 0. The fraction of sp³-hybridized carbons (Fsp3) is 0.867. The van der Waals surface area contributed by atoms with Gasteiger partial charge in [-0.2, -0.15) is 0 Å². The van der Waals surface area contributed by atoms with Crippen LogP contribution in [0.2, 0.25) is 0 Å². The molecule has 1 N–H and O–H groups in total. The van der Waals surface area contributed by atoms with Crippen molar-refractivity contribution in [3.05, 3.63) is 0 Å². The first-order valence-corrected chi connectivity index (χ1v) is 8.13. The highest BCUT2D eigenvalue weighted by atomic mass is 16.5. The van der Waals surface area contributed by atoms with E-state index in [0.717, 1.165) is 32.4 Å². The van der Waals surface area contributed by atoms with Crippen molar-refractivity contribution in [1.29, 1.82) is 0 Å². The summed E-state index contributed by atoms with van der Waals surface area (Å²) in [7, 11) is 0. The predicted molar refractivity (Wildman–Crippen MR) is 77.8 cm³/mol. The summed E-state index contributed by atoms with van der Waals surface area (Å²) in [6, 6.07) is 0.250. The van der Waals surface area contributed by atoms with Crippen molar-refractivity contribution < 1.29 is 14.3 Å². The second-order valence-electron chi connectivity index (χ2n) is 6.19. The van der Waals surface area contributed by atoms with Gasteiger partial charge in [-0.1, -0.05) is 0 Å². The number of nitrogens with one attached hydrogen (secondary N) is 1. The predicted octanol–water partition coefficient (Wildman–Crippen LogP) is -0.0217. The van der Waals surface area contributed by atoms with E-state index in [1.165, 1.54) is 0 Å². The Hall–Kier alpha value is -1.14. The van der Waals surface area contributed by atoms with E-state index in [9.17, 15) is 9.59 Å². The van der Waals surface area contributed by atoms with Crippen LogP contribution < -0.4 is 5.32 Å². The molecular weight excluding hydrogens is 270 g/mol. The second-order valence-corrected chi connectivity index (χ2v) is 6.19. The van der Waals surface area contributed by atoms with Gasteiger partial charge in [-0.3, -0.25) is 9.59 Å². The van der Waals surface area contributed by atoms with Gasteiger partial charge in [0.25, 0.3) is 0 Å². The first-order valence-electron chi connectivity index (χ1n) is 8.13. The molecule has 0 aromatic carbocycles. The van der Waals surface area contributed by atoms with Crippen molar-refractivity contribution in [2.75, 3.05) is 39.3 Å². The van der Waals surface area contributed by atoms with E-state index in [1.807, 2.05) is 9.80 Å². The van der Waals surface area contributed by atoms with Crippen LogP contribution in [0.5, 0.6) is 0 Å². The molecule has 6 nitrogen and oxygen atoms in total. The molecule has 1 unspecified atom stereocenters. The van der Waals surface area contributed by atoms with Crippen LogP contribution in [0.25, 0.3) is 0 Å². The first-order chi connectivity index (χ1) is 10.2. The van der Waals surface area contributed by atoms with Crippen LogP contribution in [-0.2, 0) is 14.3 Å². The maximum Gasteiger partial charge on any atom is 0.225 e. The molecule has 6 heteroatoms. The number of carbonyl (C=O) groups excluding carboxylic acids is 2. The van der Waals surface area contributed by atoms with Crippen molar-refractivity contribution in [2.45, 2.75) is 44.2 Å². The number of amides is 2. The Morgan fingerprint density at radius 2 is 2.05 bits per heavy atom. The molecular formula is C15H25N3O3. The highest BCUT2D eigenvalue weighted by molar-refractivity contribution is 5.80. The van der Waals surface area contributed by atoms with E-state index in [0.29, 0.717) is 45.2 Å². The summed E-state index contributed by atoms with van der Waals surface area (Å²) in [5.41, 5.74) is 0. The van der Waals surface area contributed by atoms with E-state index in [4.69, 9.17) is 4.74 Å². The number of ether oxygens (including phenoxy) is 1. The molecule has 3 heterocycles. The van der Waals surface area contributed by atoms with E-state index < -0.39 is 0 Å². The maximum atomic E-state index is 12.2. The maximum absolute atomic E-state index is 12.2.